The zero-order valence-electron chi connectivity index (χ0n) is 10.5. The Morgan fingerprint density at radius 2 is 1.95 bits per heavy atom. The van der Waals surface area contributed by atoms with E-state index in [1.54, 1.807) is 0 Å². The van der Waals surface area contributed by atoms with E-state index in [-0.39, 0.29) is 12.5 Å². The molecule has 0 atom stereocenters. The standard InChI is InChI=1S/C15H14INO2/c1-11-5-7-13(8-6-11)17-15(18)10-19-14-4-2-3-12(16)9-14/h2-9H,10H2,1H3,(H,17,18). The molecule has 0 saturated carbocycles. The molecule has 2 aromatic rings. The van der Waals surface area contributed by atoms with Gasteiger partial charge in [0, 0.05) is 9.26 Å². The Morgan fingerprint density at radius 3 is 2.63 bits per heavy atom. The number of benzene rings is 2. The van der Waals surface area contributed by atoms with Gasteiger partial charge in [0.2, 0.25) is 0 Å². The van der Waals surface area contributed by atoms with Gasteiger partial charge in [0.1, 0.15) is 5.75 Å². The van der Waals surface area contributed by atoms with Crippen LogP contribution in [0.4, 0.5) is 5.69 Å². The van der Waals surface area contributed by atoms with Crippen molar-refractivity contribution in [1.82, 2.24) is 0 Å². The van der Waals surface area contributed by atoms with E-state index in [0.29, 0.717) is 5.75 Å². The van der Waals surface area contributed by atoms with Gasteiger partial charge in [0.15, 0.2) is 6.61 Å². The maximum Gasteiger partial charge on any atom is 0.262 e. The molecule has 0 unspecified atom stereocenters. The average molecular weight is 367 g/mol. The smallest absolute Gasteiger partial charge is 0.262 e. The Balaban J connectivity index is 1.86. The molecule has 2 rings (SSSR count). The van der Waals surface area contributed by atoms with Crippen LogP contribution in [0.15, 0.2) is 48.5 Å². The highest BCUT2D eigenvalue weighted by atomic mass is 127. The van der Waals surface area contributed by atoms with Gasteiger partial charge in [-0.2, -0.15) is 0 Å². The predicted molar refractivity (Wildman–Crippen MR) is 84.5 cm³/mol. The Hall–Kier alpha value is -1.56. The lowest BCUT2D eigenvalue weighted by Gasteiger charge is -2.08. The minimum atomic E-state index is -0.164. The summed E-state index contributed by atoms with van der Waals surface area (Å²) in [4.78, 5) is 11.7. The second-order valence-corrected chi connectivity index (χ2v) is 5.41. The van der Waals surface area contributed by atoms with Crippen LogP contribution in [-0.4, -0.2) is 12.5 Å². The molecule has 0 aliphatic rings. The maximum absolute atomic E-state index is 11.7. The zero-order valence-corrected chi connectivity index (χ0v) is 12.7. The Bertz CT molecular complexity index is 567. The lowest BCUT2D eigenvalue weighted by molar-refractivity contribution is -0.118. The molecule has 98 valence electrons. The van der Waals surface area contributed by atoms with E-state index < -0.39 is 0 Å². The number of hydrogen-bond donors (Lipinski definition) is 1. The van der Waals surface area contributed by atoms with Crippen LogP contribution in [0, 0.1) is 10.5 Å². The van der Waals surface area contributed by atoms with Crippen LogP contribution in [0.5, 0.6) is 5.75 Å². The summed E-state index contributed by atoms with van der Waals surface area (Å²) >= 11 is 2.20. The molecule has 0 heterocycles. The number of anilines is 1. The van der Waals surface area contributed by atoms with Crippen LogP contribution in [0.2, 0.25) is 0 Å². The van der Waals surface area contributed by atoms with Crippen molar-refractivity contribution in [1.29, 1.82) is 0 Å². The summed E-state index contributed by atoms with van der Waals surface area (Å²) < 4.78 is 6.51. The van der Waals surface area contributed by atoms with E-state index in [1.165, 1.54) is 0 Å². The van der Waals surface area contributed by atoms with Gasteiger partial charge >= 0.3 is 0 Å². The third kappa shape index (κ3) is 4.55. The number of aryl methyl sites for hydroxylation is 1. The fourth-order valence-corrected chi connectivity index (χ4v) is 2.05. The zero-order chi connectivity index (χ0) is 13.7. The van der Waals surface area contributed by atoms with E-state index in [4.69, 9.17) is 4.74 Å². The first-order valence-corrected chi connectivity index (χ1v) is 6.96. The van der Waals surface area contributed by atoms with E-state index in [2.05, 4.69) is 27.9 Å². The predicted octanol–water partition coefficient (Wildman–Crippen LogP) is 3.62. The van der Waals surface area contributed by atoms with Gasteiger partial charge < -0.3 is 10.1 Å². The van der Waals surface area contributed by atoms with Crippen LogP contribution in [0.1, 0.15) is 5.56 Å². The SMILES string of the molecule is Cc1ccc(NC(=O)COc2cccc(I)c2)cc1. The quantitative estimate of drug-likeness (QED) is 0.839. The summed E-state index contributed by atoms with van der Waals surface area (Å²) in [7, 11) is 0. The fraction of sp³-hybridized carbons (Fsp3) is 0.133. The molecular weight excluding hydrogens is 353 g/mol. The van der Waals surface area contributed by atoms with E-state index >= 15 is 0 Å². The van der Waals surface area contributed by atoms with Gasteiger partial charge in [-0.25, -0.2) is 0 Å². The highest BCUT2D eigenvalue weighted by molar-refractivity contribution is 14.1. The monoisotopic (exact) mass is 367 g/mol. The van der Waals surface area contributed by atoms with Crippen molar-refractivity contribution in [2.24, 2.45) is 0 Å². The Labute approximate surface area is 126 Å². The van der Waals surface area contributed by atoms with E-state index in [1.807, 2.05) is 55.5 Å². The Morgan fingerprint density at radius 1 is 1.21 bits per heavy atom. The number of carbonyl (C=O) groups excluding carboxylic acids is 1. The molecule has 0 aliphatic carbocycles. The van der Waals surface area contributed by atoms with Crippen LogP contribution in [-0.2, 0) is 4.79 Å². The van der Waals surface area contributed by atoms with Gasteiger partial charge in [0.05, 0.1) is 0 Å². The van der Waals surface area contributed by atoms with Gasteiger partial charge in [-0.15, -0.1) is 0 Å². The van der Waals surface area contributed by atoms with Crippen molar-refractivity contribution >= 4 is 34.2 Å². The van der Waals surface area contributed by atoms with Crippen molar-refractivity contribution < 1.29 is 9.53 Å². The summed E-state index contributed by atoms with van der Waals surface area (Å²) in [5.74, 6) is 0.536. The van der Waals surface area contributed by atoms with Gasteiger partial charge in [-0.05, 0) is 59.8 Å². The average Bonchev–Trinajstić information content (AvgIpc) is 2.39. The van der Waals surface area contributed by atoms with Crippen molar-refractivity contribution in [3.8, 4) is 5.75 Å². The lowest BCUT2D eigenvalue weighted by Crippen LogP contribution is -2.20. The summed E-state index contributed by atoms with van der Waals surface area (Å²) in [5, 5.41) is 2.79. The molecule has 1 amide bonds. The summed E-state index contributed by atoms with van der Waals surface area (Å²) in [6.07, 6.45) is 0. The first kappa shape index (κ1) is 13.9. The first-order valence-electron chi connectivity index (χ1n) is 5.88. The minimum absolute atomic E-state index is 0.00791. The largest absolute Gasteiger partial charge is 0.484 e. The fourth-order valence-electron chi connectivity index (χ4n) is 1.54. The van der Waals surface area contributed by atoms with Crippen LogP contribution in [0.3, 0.4) is 0 Å². The highest BCUT2D eigenvalue weighted by Crippen LogP contribution is 2.15. The third-order valence-electron chi connectivity index (χ3n) is 2.50. The topological polar surface area (TPSA) is 38.3 Å². The minimum Gasteiger partial charge on any atom is -0.484 e. The van der Waals surface area contributed by atoms with Crippen molar-refractivity contribution in [3.63, 3.8) is 0 Å². The molecule has 0 fully saturated rings. The van der Waals surface area contributed by atoms with Crippen LogP contribution >= 0.6 is 22.6 Å². The number of carbonyl (C=O) groups is 1. The first-order chi connectivity index (χ1) is 9.13. The second-order valence-electron chi connectivity index (χ2n) is 4.16. The molecule has 0 spiro atoms. The number of nitrogens with one attached hydrogen (secondary N) is 1. The van der Waals surface area contributed by atoms with Crippen molar-refractivity contribution in [2.45, 2.75) is 6.92 Å². The number of rotatable bonds is 4. The highest BCUT2D eigenvalue weighted by Gasteiger charge is 2.03. The molecule has 0 aliphatic heterocycles. The summed E-state index contributed by atoms with van der Waals surface area (Å²) in [5.41, 5.74) is 1.94. The van der Waals surface area contributed by atoms with Gasteiger partial charge in [-0.1, -0.05) is 23.8 Å². The number of hydrogen-bond acceptors (Lipinski definition) is 2. The maximum atomic E-state index is 11.7. The summed E-state index contributed by atoms with van der Waals surface area (Å²) in [6, 6.07) is 15.2. The van der Waals surface area contributed by atoms with Crippen molar-refractivity contribution in [3.05, 3.63) is 57.7 Å². The molecule has 0 radical (unpaired) electrons. The number of ether oxygens (including phenoxy) is 1. The number of halogens is 1. The second kappa shape index (κ2) is 6.56. The molecule has 3 nitrogen and oxygen atoms in total. The molecule has 2 aromatic carbocycles. The van der Waals surface area contributed by atoms with E-state index in [0.717, 1.165) is 14.8 Å². The third-order valence-corrected chi connectivity index (χ3v) is 3.17. The Kier molecular flexibility index (Phi) is 4.79. The van der Waals surface area contributed by atoms with Crippen LogP contribution < -0.4 is 10.1 Å². The van der Waals surface area contributed by atoms with Crippen molar-refractivity contribution in [2.75, 3.05) is 11.9 Å². The lowest BCUT2D eigenvalue weighted by atomic mass is 10.2. The molecule has 0 aromatic heterocycles. The normalized spacial score (nSPS) is 10.0. The van der Waals surface area contributed by atoms with Crippen LogP contribution in [0.25, 0.3) is 0 Å². The van der Waals surface area contributed by atoms with E-state index in [9.17, 15) is 4.79 Å². The van der Waals surface area contributed by atoms with Gasteiger partial charge in [-0.3, -0.25) is 4.79 Å². The molecule has 0 saturated heterocycles. The van der Waals surface area contributed by atoms with Gasteiger partial charge in [0.25, 0.3) is 5.91 Å². The molecular formula is C15H14INO2. The molecule has 0 bridgehead atoms. The summed E-state index contributed by atoms with van der Waals surface area (Å²) in [6.45, 7) is 2.01. The molecule has 19 heavy (non-hydrogen) atoms. The number of amides is 1. The molecule has 1 N–H and O–H groups in total. The molecule has 4 heteroatoms.